The lowest BCUT2D eigenvalue weighted by Crippen LogP contribution is -1.99. The highest BCUT2D eigenvalue weighted by Gasteiger charge is 1.85. The SMILES string of the molecule is F.F.F.F.N#N.[B]c1ccc(OC)cc1. The van der Waals surface area contributed by atoms with Crippen LogP contribution in [0.3, 0.4) is 0 Å². The first kappa shape index (κ1) is 29.2. The van der Waals surface area contributed by atoms with Gasteiger partial charge in [0.2, 0.25) is 0 Å². The second-order valence-corrected chi connectivity index (χ2v) is 1.77. The molecule has 0 aliphatic heterocycles. The molecule has 15 heavy (non-hydrogen) atoms. The van der Waals surface area contributed by atoms with Crippen molar-refractivity contribution in [2.75, 3.05) is 7.11 Å². The molecule has 0 saturated heterocycles. The van der Waals surface area contributed by atoms with Crippen LogP contribution in [0.25, 0.3) is 0 Å². The van der Waals surface area contributed by atoms with Gasteiger partial charge in [-0.2, -0.15) is 0 Å². The van der Waals surface area contributed by atoms with Gasteiger partial charge in [0, 0.05) is 10.8 Å². The first-order chi connectivity index (χ1) is 5.33. The Balaban J connectivity index is -0.0000000526. The Kier molecular flexibility index (Phi) is 35.3. The third-order valence-electron chi connectivity index (χ3n) is 1.12. The summed E-state index contributed by atoms with van der Waals surface area (Å²) in [7, 11) is 7.06. The zero-order valence-corrected chi connectivity index (χ0v) is 7.82. The average molecular weight is 226 g/mol. The number of ether oxygens (including phenoxy) is 1. The first-order valence-corrected chi connectivity index (χ1v) is 2.92. The molecule has 1 aromatic carbocycles. The Morgan fingerprint density at radius 3 is 1.53 bits per heavy atom. The van der Waals surface area contributed by atoms with Crippen LogP contribution in [0.4, 0.5) is 18.8 Å². The summed E-state index contributed by atoms with van der Waals surface area (Å²) in [6.45, 7) is 0. The Labute approximate surface area is 85.7 Å². The maximum absolute atomic E-state index is 6.00. The van der Waals surface area contributed by atoms with Gasteiger partial charge in [0.25, 0.3) is 0 Å². The maximum atomic E-state index is 6.00. The van der Waals surface area contributed by atoms with Crippen molar-refractivity contribution in [1.82, 2.24) is 0 Å². The minimum absolute atomic E-state index is 0. The molecule has 1 aromatic rings. The molecule has 0 unspecified atom stereocenters. The standard InChI is InChI=1S/C7H7BO.4FH.N2/c1-9-7-4-2-6(8)3-5-7;;;;;1-2/h2-5H,1H3;4*1H;. The van der Waals surface area contributed by atoms with Crippen molar-refractivity contribution in [3.63, 3.8) is 0 Å². The summed E-state index contributed by atoms with van der Waals surface area (Å²) < 4.78 is 4.91. The van der Waals surface area contributed by atoms with Gasteiger partial charge in [-0.05, 0) is 12.1 Å². The number of nitrogens with zero attached hydrogens (tertiary/aromatic N) is 2. The lowest BCUT2D eigenvalue weighted by atomic mass is 9.97. The molecule has 0 amide bonds. The van der Waals surface area contributed by atoms with E-state index in [4.69, 9.17) is 23.4 Å². The molecule has 2 radical (unpaired) electrons. The zero-order valence-electron chi connectivity index (χ0n) is 7.82. The predicted molar refractivity (Wildman–Crippen MR) is 51.8 cm³/mol. The quantitative estimate of drug-likeness (QED) is 0.409. The van der Waals surface area contributed by atoms with Crippen LogP contribution in [-0.4, -0.2) is 15.0 Å². The summed E-state index contributed by atoms with van der Waals surface area (Å²) in [4.78, 5) is 0. The van der Waals surface area contributed by atoms with Crippen molar-refractivity contribution in [1.29, 1.82) is 10.8 Å². The smallest absolute Gasteiger partial charge is 0.118 e. The molecule has 0 heterocycles. The second-order valence-electron chi connectivity index (χ2n) is 1.77. The molecule has 0 bridgehead atoms. The molecule has 0 atom stereocenters. The molecule has 0 N–H and O–H groups in total. The number of hydrogen-bond acceptors (Lipinski definition) is 3. The minimum atomic E-state index is 0. The van der Waals surface area contributed by atoms with E-state index in [0.29, 0.717) is 0 Å². The van der Waals surface area contributed by atoms with Gasteiger partial charge in [-0.3, -0.25) is 18.8 Å². The normalized spacial score (nSPS) is 5.53. The molecule has 86 valence electrons. The monoisotopic (exact) mass is 226 g/mol. The van der Waals surface area contributed by atoms with E-state index in [1.165, 1.54) is 0 Å². The van der Waals surface area contributed by atoms with Crippen molar-refractivity contribution in [3.05, 3.63) is 24.3 Å². The number of rotatable bonds is 1. The van der Waals surface area contributed by atoms with Gasteiger partial charge in [0.1, 0.15) is 13.6 Å². The largest absolute Gasteiger partial charge is 0.497 e. The molecular formula is C7H11BF4N2O. The van der Waals surface area contributed by atoms with Crippen molar-refractivity contribution >= 4 is 13.3 Å². The van der Waals surface area contributed by atoms with E-state index in [-0.39, 0.29) is 18.8 Å². The third kappa shape index (κ3) is 12.2. The Hall–Kier alpha value is -1.78. The van der Waals surface area contributed by atoms with Crippen LogP contribution in [-0.2, 0) is 0 Å². The van der Waals surface area contributed by atoms with Crippen LogP contribution in [0.1, 0.15) is 0 Å². The molecule has 8 heteroatoms. The van der Waals surface area contributed by atoms with E-state index in [9.17, 15) is 0 Å². The first-order valence-electron chi connectivity index (χ1n) is 2.92. The van der Waals surface area contributed by atoms with Crippen molar-refractivity contribution in [2.45, 2.75) is 0 Å². The highest BCUT2D eigenvalue weighted by Crippen LogP contribution is 2.04. The van der Waals surface area contributed by atoms with Gasteiger partial charge in [0.15, 0.2) is 0 Å². The fourth-order valence-corrected chi connectivity index (χ4v) is 0.604. The van der Waals surface area contributed by atoms with Gasteiger partial charge in [0.05, 0.1) is 7.11 Å². The number of methoxy groups -OCH3 is 1. The third-order valence-corrected chi connectivity index (χ3v) is 1.12. The predicted octanol–water partition coefficient (Wildman–Crippen LogP) is 1.13. The van der Waals surface area contributed by atoms with E-state index in [0.717, 1.165) is 11.2 Å². The van der Waals surface area contributed by atoms with Gasteiger partial charge < -0.3 is 4.74 Å². The number of benzene rings is 1. The van der Waals surface area contributed by atoms with Gasteiger partial charge in [-0.15, -0.1) is 0 Å². The average Bonchev–Trinajstić information content (AvgIpc) is 2.10. The van der Waals surface area contributed by atoms with Crippen LogP contribution >= 0.6 is 0 Å². The summed E-state index contributed by atoms with van der Waals surface area (Å²) in [5.74, 6) is 0.837. The molecule has 0 saturated carbocycles. The lowest BCUT2D eigenvalue weighted by Gasteiger charge is -1.97. The summed E-state index contributed by atoms with van der Waals surface area (Å²) in [5, 5.41) is 12.0. The summed E-state index contributed by atoms with van der Waals surface area (Å²) in [6.07, 6.45) is 0. The van der Waals surface area contributed by atoms with Gasteiger partial charge in [-0.25, -0.2) is 0 Å². The van der Waals surface area contributed by atoms with Crippen LogP contribution < -0.4 is 10.2 Å². The maximum Gasteiger partial charge on any atom is 0.118 e. The highest BCUT2D eigenvalue weighted by atomic mass is 19.0. The van der Waals surface area contributed by atoms with Crippen LogP contribution in [0, 0.1) is 10.8 Å². The molecule has 0 aliphatic carbocycles. The second kappa shape index (κ2) is 18.1. The van der Waals surface area contributed by atoms with Crippen LogP contribution in [0.2, 0.25) is 0 Å². The molecule has 0 aromatic heterocycles. The van der Waals surface area contributed by atoms with Crippen molar-refractivity contribution in [3.8, 4) is 5.75 Å². The fourth-order valence-electron chi connectivity index (χ4n) is 0.604. The van der Waals surface area contributed by atoms with E-state index >= 15 is 0 Å². The molecule has 0 spiro atoms. The van der Waals surface area contributed by atoms with E-state index in [1.807, 2.05) is 12.1 Å². The van der Waals surface area contributed by atoms with Crippen LogP contribution in [0.5, 0.6) is 5.75 Å². The fraction of sp³-hybridized carbons (Fsp3) is 0.143. The molecular weight excluding hydrogens is 215 g/mol. The van der Waals surface area contributed by atoms with E-state index in [2.05, 4.69) is 0 Å². The Morgan fingerprint density at radius 1 is 0.933 bits per heavy atom. The molecule has 0 fully saturated rings. The lowest BCUT2D eigenvalue weighted by molar-refractivity contribution is 0.415. The van der Waals surface area contributed by atoms with Crippen LogP contribution in [0.15, 0.2) is 24.3 Å². The van der Waals surface area contributed by atoms with Gasteiger partial charge in [-0.1, -0.05) is 17.6 Å². The van der Waals surface area contributed by atoms with E-state index < -0.39 is 0 Å². The number of hydrogen-bond donors (Lipinski definition) is 0. The molecule has 0 aliphatic rings. The zero-order chi connectivity index (χ0) is 8.69. The summed E-state index contributed by atoms with van der Waals surface area (Å²) in [5.41, 5.74) is 0.760. The Morgan fingerprint density at radius 2 is 1.27 bits per heavy atom. The Bertz CT molecular complexity index is 232. The van der Waals surface area contributed by atoms with E-state index in [1.54, 1.807) is 19.2 Å². The van der Waals surface area contributed by atoms with Gasteiger partial charge >= 0.3 is 0 Å². The molecule has 1 rings (SSSR count). The minimum Gasteiger partial charge on any atom is -0.497 e. The topological polar surface area (TPSA) is 56.8 Å². The highest BCUT2D eigenvalue weighted by molar-refractivity contribution is 6.32. The number of halogens is 4. The van der Waals surface area contributed by atoms with Crippen molar-refractivity contribution < 1.29 is 23.6 Å². The van der Waals surface area contributed by atoms with Crippen molar-refractivity contribution in [2.24, 2.45) is 0 Å². The molecule has 3 nitrogen and oxygen atoms in total. The summed E-state index contributed by atoms with van der Waals surface area (Å²) >= 11 is 0. The summed E-state index contributed by atoms with van der Waals surface area (Å²) in [6, 6.07) is 7.27.